The Bertz CT molecular complexity index is 573. The maximum absolute atomic E-state index is 10.4. The minimum absolute atomic E-state index is 0.0848. The molecule has 5 heteroatoms. The van der Waals surface area contributed by atoms with Crippen molar-refractivity contribution in [2.45, 2.75) is 26.1 Å². The Hall–Kier alpha value is -2.14. The van der Waals surface area contributed by atoms with Crippen LogP contribution in [0, 0.1) is 0 Å². The van der Waals surface area contributed by atoms with Gasteiger partial charge in [-0.3, -0.25) is 0 Å². The van der Waals surface area contributed by atoms with Gasteiger partial charge in [0.2, 0.25) is 5.88 Å². The average molecular weight is 274 g/mol. The fourth-order valence-electron chi connectivity index (χ4n) is 1.82. The number of hydrogen-bond acceptors (Lipinski definition) is 5. The average Bonchev–Trinajstić information content (AvgIpc) is 2.46. The summed E-state index contributed by atoms with van der Waals surface area (Å²) in [4.78, 5) is 7.99. The van der Waals surface area contributed by atoms with Crippen molar-refractivity contribution in [3.63, 3.8) is 0 Å². The third kappa shape index (κ3) is 3.45. The summed E-state index contributed by atoms with van der Waals surface area (Å²) in [5.74, 6) is 1.14. The molecule has 0 amide bonds. The maximum Gasteiger partial charge on any atom is 0.216 e. The van der Waals surface area contributed by atoms with Gasteiger partial charge in [-0.25, -0.2) is 9.97 Å². The number of hydrogen-bond donors (Lipinski definition) is 1. The smallest absolute Gasteiger partial charge is 0.216 e. The van der Waals surface area contributed by atoms with Gasteiger partial charge in [0.1, 0.15) is 18.2 Å². The number of aliphatic hydroxyl groups is 1. The molecule has 0 bridgehead atoms. The van der Waals surface area contributed by atoms with E-state index in [1.54, 1.807) is 12.1 Å². The zero-order valence-corrected chi connectivity index (χ0v) is 11.8. The van der Waals surface area contributed by atoms with Crippen LogP contribution in [0.25, 0.3) is 0 Å². The molecular formula is C15H18N2O3. The predicted molar refractivity (Wildman–Crippen MR) is 74.9 cm³/mol. The van der Waals surface area contributed by atoms with Crippen molar-refractivity contribution in [3.05, 3.63) is 47.9 Å². The summed E-state index contributed by atoms with van der Waals surface area (Å²) in [6, 6.07) is 8.94. The minimum atomic E-state index is -0.845. The Morgan fingerprint density at radius 1 is 1.15 bits per heavy atom. The fraction of sp³-hybridized carbons (Fsp3) is 0.333. The third-order valence-corrected chi connectivity index (χ3v) is 2.70. The van der Waals surface area contributed by atoms with E-state index in [4.69, 9.17) is 9.47 Å². The van der Waals surface area contributed by atoms with Crippen molar-refractivity contribution < 1.29 is 14.6 Å². The maximum atomic E-state index is 10.4. The summed E-state index contributed by atoms with van der Waals surface area (Å²) in [7, 11) is 1.52. The van der Waals surface area contributed by atoms with Crippen molar-refractivity contribution in [2.24, 2.45) is 0 Å². The fourth-order valence-corrected chi connectivity index (χ4v) is 1.82. The molecule has 5 nitrogen and oxygen atoms in total. The van der Waals surface area contributed by atoms with Gasteiger partial charge in [-0.1, -0.05) is 12.1 Å². The Labute approximate surface area is 118 Å². The summed E-state index contributed by atoms with van der Waals surface area (Å²) in [6.07, 6.45) is 0.607. The number of rotatable bonds is 5. The lowest BCUT2D eigenvalue weighted by Gasteiger charge is -2.14. The molecule has 1 heterocycles. The molecule has 1 aromatic heterocycles. The molecule has 0 aliphatic carbocycles. The molecule has 106 valence electrons. The number of aliphatic hydroxyl groups excluding tert-OH is 1. The van der Waals surface area contributed by atoms with Gasteiger partial charge < -0.3 is 14.6 Å². The van der Waals surface area contributed by atoms with E-state index in [-0.39, 0.29) is 6.10 Å². The van der Waals surface area contributed by atoms with Gasteiger partial charge in [0.15, 0.2) is 0 Å². The largest absolute Gasteiger partial charge is 0.491 e. The van der Waals surface area contributed by atoms with Crippen LogP contribution >= 0.6 is 0 Å². The topological polar surface area (TPSA) is 64.5 Å². The first-order chi connectivity index (χ1) is 9.60. The Balaban J connectivity index is 2.25. The predicted octanol–water partition coefficient (Wildman–Crippen LogP) is 2.35. The van der Waals surface area contributed by atoms with Gasteiger partial charge in [-0.15, -0.1) is 0 Å². The Kier molecular flexibility index (Phi) is 4.53. The van der Waals surface area contributed by atoms with E-state index in [1.807, 2.05) is 32.0 Å². The second-order valence-corrected chi connectivity index (χ2v) is 4.63. The van der Waals surface area contributed by atoms with E-state index < -0.39 is 6.10 Å². The van der Waals surface area contributed by atoms with Crippen molar-refractivity contribution in [1.29, 1.82) is 0 Å². The molecule has 0 fully saturated rings. The Morgan fingerprint density at radius 3 is 2.65 bits per heavy atom. The highest BCUT2D eigenvalue weighted by Crippen LogP contribution is 2.25. The number of methoxy groups -OCH3 is 1. The summed E-state index contributed by atoms with van der Waals surface area (Å²) in [6.45, 7) is 3.91. The number of aromatic nitrogens is 2. The lowest BCUT2D eigenvalue weighted by Crippen LogP contribution is -2.07. The van der Waals surface area contributed by atoms with Crippen LogP contribution in [-0.4, -0.2) is 28.3 Å². The van der Waals surface area contributed by atoms with Gasteiger partial charge in [-0.05, 0) is 31.5 Å². The molecule has 0 aliphatic rings. The molecule has 1 unspecified atom stereocenters. The minimum Gasteiger partial charge on any atom is -0.491 e. The molecule has 0 saturated heterocycles. The van der Waals surface area contributed by atoms with Crippen molar-refractivity contribution in [1.82, 2.24) is 9.97 Å². The van der Waals surface area contributed by atoms with Gasteiger partial charge in [0, 0.05) is 6.07 Å². The van der Waals surface area contributed by atoms with Crippen LogP contribution in [0.3, 0.4) is 0 Å². The highest BCUT2D eigenvalue weighted by atomic mass is 16.5. The normalized spacial score (nSPS) is 12.2. The molecule has 0 aliphatic heterocycles. The quantitative estimate of drug-likeness (QED) is 0.906. The summed E-state index contributed by atoms with van der Waals surface area (Å²) < 4.78 is 10.6. The first-order valence-electron chi connectivity index (χ1n) is 6.40. The first kappa shape index (κ1) is 14.3. The third-order valence-electron chi connectivity index (χ3n) is 2.70. The molecule has 2 rings (SSSR count). The SMILES string of the molecule is COc1cc(C(O)c2cccc(OC(C)C)c2)ncn1. The molecule has 1 atom stereocenters. The van der Waals surface area contributed by atoms with Crippen molar-refractivity contribution in [2.75, 3.05) is 7.11 Å². The number of benzene rings is 1. The van der Waals surface area contributed by atoms with E-state index in [0.29, 0.717) is 17.1 Å². The second kappa shape index (κ2) is 6.34. The van der Waals surface area contributed by atoms with E-state index in [2.05, 4.69) is 9.97 Å². The highest BCUT2D eigenvalue weighted by molar-refractivity contribution is 5.34. The molecular weight excluding hydrogens is 256 g/mol. The van der Waals surface area contributed by atoms with Crippen LogP contribution < -0.4 is 9.47 Å². The lowest BCUT2D eigenvalue weighted by atomic mass is 10.1. The molecule has 0 spiro atoms. The van der Waals surface area contributed by atoms with E-state index in [9.17, 15) is 5.11 Å². The lowest BCUT2D eigenvalue weighted by molar-refractivity contribution is 0.211. The van der Waals surface area contributed by atoms with Crippen LogP contribution in [0.2, 0.25) is 0 Å². The number of ether oxygens (including phenoxy) is 2. The number of nitrogens with zero attached hydrogens (tertiary/aromatic N) is 2. The molecule has 1 aromatic carbocycles. The van der Waals surface area contributed by atoms with E-state index in [0.717, 1.165) is 5.75 Å². The van der Waals surface area contributed by atoms with Crippen LogP contribution in [0.4, 0.5) is 0 Å². The first-order valence-corrected chi connectivity index (χ1v) is 6.40. The van der Waals surface area contributed by atoms with Crippen LogP contribution in [0.5, 0.6) is 11.6 Å². The zero-order valence-electron chi connectivity index (χ0n) is 11.8. The standard InChI is InChI=1S/C15H18N2O3/c1-10(2)20-12-6-4-5-11(7-12)15(18)13-8-14(19-3)17-9-16-13/h4-10,15,18H,1-3H3. The van der Waals surface area contributed by atoms with Gasteiger partial charge in [-0.2, -0.15) is 0 Å². The zero-order chi connectivity index (χ0) is 14.5. The van der Waals surface area contributed by atoms with Crippen molar-refractivity contribution in [3.8, 4) is 11.6 Å². The molecule has 0 radical (unpaired) electrons. The second-order valence-electron chi connectivity index (χ2n) is 4.63. The van der Waals surface area contributed by atoms with E-state index in [1.165, 1.54) is 13.4 Å². The monoisotopic (exact) mass is 274 g/mol. The highest BCUT2D eigenvalue weighted by Gasteiger charge is 2.14. The van der Waals surface area contributed by atoms with E-state index >= 15 is 0 Å². The van der Waals surface area contributed by atoms with Crippen LogP contribution in [0.15, 0.2) is 36.7 Å². The Morgan fingerprint density at radius 2 is 1.95 bits per heavy atom. The molecule has 2 aromatic rings. The molecule has 0 saturated carbocycles. The molecule has 1 N–H and O–H groups in total. The summed E-state index contributed by atoms with van der Waals surface area (Å²) in [5.41, 5.74) is 1.20. The van der Waals surface area contributed by atoms with Crippen molar-refractivity contribution >= 4 is 0 Å². The van der Waals surface area contributed by atoms with Crippen LogP contribution in [0.1, 0.15) is 31.2 Å². The summed E-state index contributed by atoms with van der Waals surface area (Å²) in [5, 5.41) is 10.4. The molecule has 20 heavy (non-hydrogen) atoms. The van der Waals surface area contributed by atoms with Gasteiger partial charge >= 0.3 is 0 Å². The van der Waals surface area contributed by atoms with Gasteiger partial charge in [0.25, 0.3) is 0 Å². The summed E-state index contributed by atoms with van der Waals surface area (Å²) >= 11 is 0. The van der Waals surface area contributed by atoms with Crippen LogP contribution in [-0.2, 0) is 0 Å². The van der Waals surface area contributed by atoms with Gasteiger partial charge in [0.05, 0.1) is 18.9 Å².